The molecule has 2 aromatic heterocycles. The van der Waals surface area contributed by atoms with Crippen LogP contribution in [0.5, 0.6) is 0 Å². The summed E-state index contributed by atoms with van der Waals surface area (Å²) in [4.78, 5) is 21.2. The predicted molar refractivity (Wildman–Crippen MR) is 168 cm³/mol. The fourth-order valence-electron chi connectivity index (χ4n) is 5.85. The monoisotopic (exact) mass is 581 g/mol. The molecule has 0 saturated heterocycles. The second kappa shape index (κ2) is 13.2. The van der Waals surface area contributed by atoms with Crippen molar-refractivity contribution in [3.8, 4) is 22.5 Å². The number of rotatable bonds is 10. The van der Waals surface area contributed by atoms with E-state index in [9.17, 15) is 15.0 Å². The number of aliphatic hydroxyl groups excluding tert-OH is 1. The molecule has 1 unspecified atom stereocenters. The van der Waals surface area contributed by atoms with Gasteiger partial charge in [0.05, 0.1) is 11.7 Å². The second-order valence-electron chi connectivity index (χ2n) is 12.8. The highest BCUT2D eigenvalue weighted by Gasteiger charge is 2.24. The molecular weight excluding hydrogens is 538 g/mol. The van der Waals surface area contributed by atoms with E-state index in [1.54, 1.807) is 17.1 Å². The minimum atomic E-state index is -1.15. The molecule has 8 nitrogen and oxygen atoms in total. The summed E-state index contributed by atoms with van der Waals surface area (Å²) in [6.45, 7) is 8.31. The maximum Gasteiger partial charge on any atom is 0.321 e. The molecule has 8 heteroatoms. The molecule has 3 N–H and O–H groups in total. The lowest BCUT2D eigenvalue weighted by atomic mass is 9.78. The summed E-state index contributed by atoms with van der Waals surface area (Å²) in [5, 5.41) is 27.6. The third-order valence-electron chi connectivity index (χ3n) is 8.71. The van der Waals surface area contributed by atoms with Gasteiger partial charge in [0.1, 0.15) is 12.3 Å². The molecule has 0 spiro atoms. The van der Waals surface area contributed by atoms with E-state index in [-0.39, 0.29) is 12.0 Å². The number of aliphatic hydroxyl groups is 1. The Balaban J connectivity index is 1.19. The maximum absolute atomic E-state index is 12.0. The molecule has 0 bridgehead atoms. The Morgan fingerprint density at radius 1 is 0.930 bits per heavy atom. The van der Waals surface area contributed by atoms with Crippen LogP contribution in [0.25, 0.3) is 22.5 Å². The van der Waals surface area contributed by atoms with Gasteiger partial charge in [-0.1, -0.05) is 61.9 Å². The molecule has 5 rings (SSSR count). The number of carboxylic acid groups (broad SMARTS) is 1. The zero-order chi connectivity index (χ0) is 30.6. The smallest absolute Gasteiger partial charge is 0.321 e. The standard InChI is InChI=1S/C35H43N5O3/c1-5-23-6-10-25(11-7-23)26-14-16-27(17-15-26)29-19-36-32(37-20-29)28-12-8-24(9-13-28)18-31(34(42)43)39-33(41)30-21-38-40(22-30)35(2,3)4/h8-9,12-17,19-23,25,31,33,39,41H,5-7,10-11,18H2,1-4H3,(H,42,43)/t23-,25-,31-,33?/m0/s1. The molecule has 1 aliphatic rings. The van der Waals surface area contributed by atoms with Crippen molar-refractivity contribution in [1.82, 2.24) is 25.1 Å². The zero-order valence-corrected chi connectivity index (χ0v) is 25.6. The van der Waals surface area contributed by atoms with E-state index in [4.69, 9.17) is 0 Å². The molecule has 1 aliphatic carbocycles. The van der Waals surface area contributed by atoms with E-state index in [0.717, 1.165) is 28.2 Å². The van der Waals surface area contributed by atoms with Gasteiger partial charge in [-0.05, 0) is 81.4 Å². The maximum atomic E-state index is 12.0. The Kier molecular flexibility index (Phi) is 9.37. The van der Waals surface area contributed by atoms with Gasteiger partial charge >= 0.3 is 5.97 Å². The lowest BCUT2D eigenvalue weighted by molar-refractivity contribution is -0.140. The Morgan fingerprint density at radius 3 is 2.12 bits per heavy atom. The first-order chi connectivity index (χ1) is 20.6. The second-order valence-corrected chi connectivity index (χ2v) is 12.8. The third-order valence-corrected chi connectivity index (χ3v) is 8.71. The van der Waals surface area contributed by atoms with Crippen LogP contribution in [0.15, 0.2) is 73.3 Å². The summed E-state index contributed by atoms with van der Waals surface area (Å²) >= 11 is 0. The summed E-state index contributed by atoms with van der Waals surface area (Å²) < 4.78 is 1.74. The van der Waals surface area contributed by atoms with E-state index in [1.807, 2.05) is 57.4 Å². The van der Waals surface area contributed by atoms with Crippen LogP contribution >= 0.6 is 0 Å². The normalized spacial score (nSPS) is 18.7. The summed E-state index contributed by atoms with van der Waals surface area (Å²) in [7, 11) is 0. The fourth-order valence-corrected chi connectivity index (χ4v) is 5.85. The number of aliphatic carboxylic acids is 1. The average molecular weight is 582 g/mol. The van der Waals surface area contributed by atoms with Gasteiger partial charge in [-0.3, -0.25) is 14.8 Å². The number of hydrogen-bond donors (Lipinski definition) is 3. The molecule has 2 aromatic carbocycles. The van der Waals surface area contributed by atoms with Crippen molar-refractivity contribution in [3.05, 3.63) is 90.0 Å². The number of nitrogens with one attached hydrogen (secondary N) is 1. The molecule has 43 heavy (non-hydrogen) atoms. The number of hydrogen-bond acceptors (Lipinski definition) is 6. The highest BCUT2D eigenvalue weighted by molar-refractivity contribution is 5.74. The summed E-state index contributed by atoms with van der Waals surface area (Å²) in [6.07, 6.45) is 12.6. The van der Waals surface area contributed by atoms with Gasteiger partial charge in [0, 0.05) is 35.3 Å². The summed E-state index contributed by atoms with van der Waals surface area (Å²) in [5.41, 5.74) is 5.46. The van der Waals surface area contributed by atoms with Crippen molar-refractivity contribution in [2.75, 3.05) is 0 Å². The third kappa shape index (κ3) is 7.56. The molecule has 1 fully saturated rings. The number of nitrogens with zero attached hydrogens (tertiary/aromatic N) is 4. The SMILES string of the molecule is CC[C@H]1CC[C@H](c2ccc(-c3cnc(-c4ccc(C[C@H](NC(O)c5cnn(C(C)(C)C)c5)C(=O)O)cc4)nc3)cc2)CC1. The average Bonchev–Trinajstić information content (AvgIpc) is 3.53. The van der Waals surface area contributed by atoms with Crippen LogP contribution in [0, 0.1) is 5.92 Å². The van der Waals surface area contributed by atoms with Gasteiger partial charge in [0.2, 0.25) is 0 Å². The Hall–Kier alpha value is -3.88. The summed E-state index contributed by atoms with van der Waals surface area (Å²) in [6, 6.07) is 15.4. The highest BCUT2D eigenvalue weighted by Crippen LogP contribution is 2.37. The topological polar surface area (TPSA) is 113 Å². The lowest BCUT2D eigenvalue weighted by Gasteiger charge is -2.28. The first kappa shape index (κ1) is 30.6. The zero-order valence-electron chi connectivity index (χ0n) is 25.6. The largest absolute Gasteiger partial charge is 0.480 e. The molecule has 2 atom stereocenters. The molecular formula is C35H43N5O3. The van der Waals surface area contributed by atoms with Gasteiger partial charge in [-0.25, -0.2) is 9.97 Å². The van der Waals surface area contributed by atoms with Crippen LogP contribution in [0.4, 0.5) is 0 Å². The van der Waals surface area contributed by atoms with Crippen LogP contribution in [0.1, 0.15) is 88.6 Å². The number of carbonyl (C=O) groups is 1. The van der Waals surface area contributed by atoms with Crippen LogP contribution in [0.3, 0.4) is 0 Å². The van der Waals surface area contributed by atoms with E-state index >= 15 is 0 Å². The number of carboxylic acids is 1. The van der Waals surface area contributed by atoms with Gasteiger partial charge in [-0.2, -0.15) is 5.10 Å². The molecule has 1 saturated carbocycles. The van der Waals surface area contributed by atoms with Crippen LogP contribution in [0.2, 0.25) is 0 Å². The van der Waals surface area contributed by atoms with Crippen LogP contribution in [-0.4, -0.2) is 42.0 Å². The molecule has 0 amide bonds. The van der Waals surface area contributed by atoms with Crippen molar-refractivity contribution >= 4 is 5.97 Å². The van der Waals surface area contributed by atoms with E-state index < -0.39 is 18.2 Å². The van der Waals surface area contributed by atoms with E-state index in [2.05, 4.69) is 51.6 Å². The lowest BCUT2D eigenvalue weighted by Crippen LogP contribution is -2.40. The molecule has 2 heterocycles. The Labute approximate surface area is 254 Å². The number of aromatic nitrogens is 4. The van der Waals surface area contributed by atoms with Crippen LogP contribution in [-0.2, 0) is 16.8 Å². The Morgan fingerprint density at radius 2 is 1.56 bits per heavy atom. The number of benzene rings is 2. The molecule has 226 valence electrons. The molecule has 0 radical (unpaired) electrons. The quantitative estimate of drug-likeness (QED) is 0.178. The molecule has 0 aliphatic heterocycles. The van der Waals surface area contributed by atoms with Gasteiger partial charge in [0.15, 0.2) is 5.82 Å². The first-order valence-corrected chi connectivity index (χ1v) is 15.3. The van der Waals surface area contributed by atoms with Crippen molar-refractivity contribution in [3.63, 3.8) is 0 Å². The molecule has 4 aromatic rings. The van der Waals surface area contributed by atoms with E-state index in [0.29, 0.717) is 17.3 Å². The van der Waals surface area contributed by atoms with Crippen molar-refractivity contribution in [2.24, 2.45) is 5.92 Å². The minimum absolute atomic E-state index is 0.204. The minimum Gasteiger partial charge on any atom is -0.480 e. The summed E-state index contributed by atoms with van der Waals surface area (Å²) in [5.74, 6) is 1.14. The van der Waals surface area contributed by atoms with Crippen LogP contribution < -0.4 is 5.32 Å². The Bertz CT molecular complexity index is 1480. The van der Waals surface area contributed by atoms with Gasteiger partial charge in [0.25, 0.3) is 0 Å². The highest BCUT2D eigenvalue weighted by atomic mass is 16.4. The van der Waals surface area contributed by atoms with Gasteiger partial charge in [-0.15, -0.1) is 0 Å². The first-order valence-electron chi connectivity index (χ1n) is 15.3. The predicted octanol–water partition coefficient (Wildman–Crippen LogP) is 6.72. The van der Waals surface area contributed by atoms with Crippen molar-refractivity contribution in [1.29, 1.82) is 0 Å². The fraction of sp³-hybridized carbons (Fsp3) is 0.429. The van der Waals surface area contributed by atoms with E-state index in [1.165, 1.54) is 37.7 Å². The van der Waals surface area contributed by atoms with Gasteiger partial charge < -0.3 is 10.2 Å². The van der Waals surface area contributed by atoms with Crippen molar-refractivity contribution < 1.29 is 15.0 Å². The van der Waals surface area contributed by atoms with Crippen molar-refractivity contribution in [2.45, 2.75) is 89.9 Å².